The average Bonchev–Trinajstić information content (AvgIpc) is 3.00. The number of rotatable bonds is 7. The van der Waals surface area contributed by atoms with Gasteiger partial charge in [-0.3, -0.25) is 4.98 Å². The Kier molecular flexibility index (Phi) is 5.59. The first-order chi connectivity index (χ1) is 10.2. The Morgan fingerprint density at radius 2 is 2.05 bits per heavy atom. The van der Waals surface area contributed by atoms with Crippen molar-refractivity contribution in [3.63, 3.8) is 0 Å². The van der Waals surface area contributed by atoms with Gasteiger partial charge in [-0.05, 0) is 17.4 Å². The zero-order valence-corrected chi connectivity index (χ0v) is 13.7. The third kappa shape index (κ3) is 3.74. The molecule has 1 atom stereocenters. The van der Waals surface area contributed by atoms with Gasteiger partial charge in [-0.25, -0.2) is 0 Å². The third-order valence-electron chi connectivity index (χ3n) is 3.37. The fourth-order valence-corrected chi connectivity index (χ4v) is 3.29. The Balaban J connectivity index is 2.15. The molecule has 0 aliphatic carbocycles. The second kappa shape index (κ2) is 7.43. The van der Waals surface area contributed by atoms with Gasteiger partial charge in [0.15, 0.2) is 11.5 Å². The molecule has 0 fully saturated rings. The molecule has 0 saturated heterocycles. The Morgan fingerprint density at radius 1 is 1.24 bits per heavy atom. The molecule has 2 heterocycles. The van der Waals surface area contributed by atoms with Gasteiger partial charge in [0, 0.05) is 29.7 Å². The topological polar surface area (TPSA) is 43.4 Å². The van der Waals surface area contributed by atoms with Crippen molar-refractivity contribution in [3.05, 3.63) is 40.3 Å². The molecule has 1 N–H and O–H groups in total. The summed E-state index contributed by atoms with van der Waals surface area (Å²) in [6, 6.07) is 6.37. The van der Waals surface area contributed by atoms with Gasteiger partial charge in [0.2, 0.25) is 0 Å². The van der Waals surface area contributed by atoms with Crippen molar-refractivity contribution in [3.8, 4) is 11.5 Å². The number of ether oxygens (including phenoxy) is 2. The van der Waals surface area contributed by atoms with Crippen LogP contribution in [-0.4, -0.2) is 19.2 Å². The van der Waals surface area contributed by atoms with Crippen LogP contribution in [0.2, 0.25) is 0 Å². The van der Waals surface area contributed by atoms with Gasteiger partial charge in [0.1, 0.15) is 0 Å². The van der Waals surface area contributed by atoms with E-state index in [9.17, 15) is 0 Å². The lowest BCUT2D eigenvalue weighted by Crippen LogP contribution is -2.25. The summed E-state index contributed by atoms with van der Waals surface area (Å²) in [6.07, 6.45) is 1.74. The predicted octanol–water partition coefficient (Wildman–Crippen LogP) is 3.65. The number of hydrogen-bond acceptors (Lipinski definition) is 5. The Morgan fingerprint density at radius 3 is 2.62 bits per heavy atom. The van der Waals surface area contributed by atoms with Crippen molar-refractivity contribution in [1.82, 2.24) is 10.3 Å². The second-order valence-electron chi connectivity index (χ2n) is 5.11. The van der Waals surface area contributed by atoms with E-state index >= 15 is 0 Å². The van der Waals surface area contributed by atoms with Crippen LogP contribution >= 0.6 is 11.3 Å². The van der Waals surface area contributed by atoms with E-state index in [0.717, 1.165) is 5.69 Å². The van der Waals surface area contributed by atoms with Gasteiger partial charge in [-0.15, -0.1) is 11.3 Å². The summed E-state index contributed by atoms with van der Waals surface area (Å²) in [6.45, 7) is 5.07. The van der Waals surface area contributed by atoms with Gasteiger partial charge in [-0.1, -0.05) is 19.9 Å². The number of methoxy groups -OCH3 is 2. The number of aromatic nitrogens is 1. The van der Waals surface area contributed by atoms with E-state index in [-0.39, 0.29) is 0 Å². The van der Waals surface area contributed by atoms with E-state index in [1.165, 1.54) is 4.88 Å². The quantitative estimate of drug-likeness (QED) is 0.848. The summed E-state index contributed by atoms with van der Waals surface area (Å²) in [7, 11) is 3.28. The number of nitrogens with one attached hydrogen (secondary N) is 1. The molecule has 0 aliphatic rings. The molecule has 21 heavy (non-hydrogen) atoms. The highest BCUT2D eigenvalue weighted by Crippen LogP contribution is 2.30. The van der Waals surface area contributed by atoms with Gasteiger partial charge in [0.05, 0.1) is 19.9 Å². The van der Waals surface area contributed by atoms with Gasteiger partial charge in [-0.2, -0.15) is 0 Å². The predicted molar refractivity (Wildman–Crippen MR) is 86.1 cm³/mol. The van der Waals surface area contributed by atoms with E-state index in [2.05, 4.69) is 41.7 Å². The first-order valence-corrected chi connectivity index (χ1v) is 7.88. The lowest BCUT2D eigenvalue weighted by Gasteiger charge is -2.22. The number of thiophene rings is 1. The molecule has 5 heteroatoms. The molecule has 2 aromatic heterocycles. The first-order valence-electron chi connectivity index (χ1n) is 7.00. The minimum atomic E-state index is 0.308. The molecule has 114 valence electrons. The van der Waals surface area contributed by atoms with Gasteiger partial charge in [0.25, 0.3) is 0 Å². The van der Waals surface area contributed by atoms with Crippen molar-refractivity contribution < 1.29 is 9.47 Å². The summed E-state index contributed by atoms with van der Waals surface area (Å²) in [5.74, 6) is 1.91. The number of hydrogen-bond donors (Lipinski definition) is 1. The molecule has 0 bridgehead atoms. The fraction of sp³-hybridized carbons (Fsp3) is 0.438. The molecule has 0 amide bonds. The molecule has 0 saturated carbocycles. The van der Waals surface area contributed by atoms with Crippen LogP contribution in [0.25, 0.3) is 0 Å². The van der Waals surface area contributed by atoms with Crippen LogP contribution in [0.1, 0.15) is 30.5 Å². The third-order valence-corrected chi connectivity index (χ3v) is 4.33. The molecule has 1 unspecified atom stereocenters. The molecule has 4 nitrogen and oxygen atoms in total. The maximum atomic E-state index is 5.43. The largest absolute Gasteiger partial charge is 0.493 e. The summed E-state index contributed by atoms with van der Waals surface area (Å²) in [5.41, 5.74) is 0.860. The number of pyridine rings is 1. The highest BCUT2D eigenvalue weighted by molar-refractivity contribution is 7.10. The van der Waals surface area contributed by atoms with Crippen molar-refractivity contribution in [2.24, 2.45) is 5.92 Å². The second-order valence-corrected chi connectivity index (χ2v) is 6.09. The average molecular weight is 306 g/mol. The number of nitrogens with zero attached hydrogens (tertiary/aromatic N) is 1. The van der Waals surface area contributed by atoms with E-state index in [1.807, 2.05) is 6.07 Å². The molecule has 0 aromatic carbocycles. The standard InChI is InChI=1S/C16H22N2O2S/c1-11(2)15(14-6-5-9-21-14)18-10-12-16(20-4)13(19-3)7-8-17-12/h5-9,11,15,18H,10H2,1-4H3. The molecule has 0 radical (unpaired) electrons. The van der Waals surface area contributed by atoms with Crippen molar-refractivity contribution >= 4 is 11.3 Å². The monoisotopic (exact) mass is 306 g/mol. The van der Waals surface area contributed by atoms with Crippen molar-refractivity contribution in [2.75, 3.05) is 14.2 Å². The van der Waals surface area contributed by atoms with Crippen LogP contribution in [0.15, 0.2) is 29.8 Å². The smallest absolute Gasteiger partial charge is 0.183 e. The zero-order chi connectivity index (χ0) is 15.2. The molecular formula is C16H22N2O2S. The van der Waals surface area contributed by atoms with Crippen LogP contribution in [0, 0.1) is 5.92 Å². The van der Waals surface area contributed by atoms with Crippen molar-refractivity contribution in [2.45, 2.75) is 26.4 Å². The summed E-state index contributed by atoms with van der Waals surface area (Å²) >= 11 is 1.77. The van der Waals surface area contributed by atoms with E-state index in [1.54, 1.807) is 31.8 Å². The van der Waals surface area contributed by atoms with Crippen LogP contribution < -0.4 is 14.8 Å². The summed E-state index contributed by atoms with van der Waals surface area (Å²) < 4.78 is 10.7. The highest BCUT2D eigenvalue weighted by atomic mass is 32.1. The Labute approximate surface area is 130 Å². The van der Waals surface area contributed by atoms with Crippen LogP contribution in [0.5, 0.6) is 11.5 Å². The molecule has 2 rings (SSSR count). The maximum absolute atomic E-state index is 5.43. The molecule has 0 aliphatic heterocycles. The van der Waals surface area contributed by atoms with Gasteiger partial charge < -0.3 is 14.8 Å². The summed E-state index contributed by atoms with van der Waals surface area (Å²) in [4.78, 5) is 5.75. The lowest BCUT2D eigenvalue weighted by atomic mass is 10.0. The Hall–Kier alpha value is -1.59. The van der Waals surface area contributed by atoms with Crippen LogP contribution in [0.4, 0.5) is 0 Å². The maximum Gasteiger partial charge on any atom is 0.183 e. The normalized spacial score (nSPS) is 12.4. The van der Waals surface area contributed by atoms with Crippen LogP contribution in [-0.2, 0) is 6.54 Å². The Bertz CT molecular complexity index is 555. The molecular weight excluding hydrogens is 284 g/mol. The molecule has 2 aromatic rings. The van der Waals surface area contributed by atoms with Gasteiger partial charge >= 0.3 is 0 Å². The minimum Gasteiger partial charge on any atom is -0.493 e. The van der Waals surface area contributed by atoms with E-state index in [0.29, 0.717) is 30.0 Å². The lowest BCUT2D eigenvalue weighted by molar-refractivity contribution is 0.344. The fourth-order valence-electron chi connectivity index (χ4n) is 2.32. The summed E-state index contributed by atoms with van der Waals surface area (Å²) in [5, 5.41) is 5.68. The van der Waals surface area contributed by atoms with Crippen molar-refractivity contribution in [1.29, 1.82) is 0 Å². The van der Waals surface area contributed by atoms with E-state index in [4.69, 9.17) is 9.47 Å². The van der Waals surface area contributed by atoms with Crippen LogP contribution in [0.3, 0.4) is 0 Å². The first kappa shape index (κ1) is 15.8. The SMILES string of the molecule is COc1ccnc(CNC(c2cccs2)C(C)C)c1OC. The highest BCUT2D eigenvalue weighted by Gasteiger charge is 2.18. The van der Waals surface area contributed by atoms with E-state index < -0.39 is 0 Å². The zero-order valence-electron chi connectivity index (χ0n) is 12.9. The molecule has 0 spiro atoms. The minimum absolute atomic E-state index is 0.308.